The molecule has 1 saturated carbocycles. The van der Waals surface area contributed by atoms with E-state index < -0.39 is 17.3 Å². The fourth-order valence-corrected chi connectivity index (χ4v) is 6.07. The quantitative estimate of drug-likeness (QED) is 0.718. The molecule has 0 spiro atoms. The van der Waals surface area contributed by atoms with Crippen LogP contribution in [0.1, 0.15) is 74.3 Å². The Bertz CT molecular complexity index is 1050. The van der Waals surface area contributed by atoms with Crippen LogP contribution in [0.3, 0.4) is 0 Å². The Kier molecular flexibility index (Phi) is 6.04. The topological polar surface area (TPSA) is 69.6 Å². The number of aliphatic hydroxyl groups is 1. The zero-order valence-corrected chi connectivity index (χ0v) is 19.7. The molecule has 6 nitrogen and oxygen atoms in total. The molecule has 1 aromatic heterocycles. The minimum atomic E-state index is -0.680. The number of carbonyl (C=O) groups is 1. The van der Waals surface area contributed by atoms with E-state index in [1.165, 1.54) is 12.4 Å². The van der Waals surface area contributed by atoms with Gasteiger partial charge < -0.3 is 14.9 Å². The summed E-state index contributed by atoms with van der Waals surface area (Å²) in [6.45, 7) is 4.62. The predicted octanol–water partition coefficient (Wildman–Crippen LogP) is 4.36. The Morgan fingerprint density at radius 1 is 1.15 bits per heavy atom. The Hall–Kier alpha value is -2.25. The van der Waals surface area contributed by atoms with Gasteiger partial charge in [-0.25, -0.2) is 14.4 Å². The number of halogens is 2. The van der Waals surface area contributed by atoms with Crippen molar-refractivity contribution in [2.24, 2.45) is 0 Å². The largest absolute Gasteiger partial charge is 0.387 e. The van der Waals surface area contributed by atoms with Crippen LogP contribution in [0.15, 0.2) is 24.5 Å². The smallest absolute Gasteiger partial charge is 0.233 e. The Balaban J connectivity index is 1.36. The zero-order chi connectivity index (χ0) is 23.2. The van der Waals surface area contributed by atoms with Crippen molar-refractivity contribution in [2.75, 3.05) is 31.1 Å². The minimum Gasteiger partial charge on any atom is -0.387 e. The molecule has 0 unspecified atom stereocenters. The normalized spacial score (nSPS) is 24.6. The van der Waals surface area contributed by atoms with Crippen molar-refractivity contribution in [3.63, 3.8) is 0 Å². The lowest BCUT2D eigenvalue weighted by Crippen LogP contribution is -2.55. The lowest BCUT2D eigenvalue weighted by Gasteiger charge is -2.43. The summed E-state index contributed by atoms with van der Waals surface area (Å²) in [5.41, 5.74) is 1.83. The van der Waals surface area contributed by atoms with Crippen LogP contribution in [0.2, 0.25) is 5.02 Å². The second-order valence-electron chi connectivity index (χ2n) is 9.70. The third kappa shape index (κ3) is 3.89. The minimum absolute atomic E-state index is 0.0857. The third-order valence-electron chi connectivity index (χ3n) is 7.73. The van der Waals surface area contributed by atoms with Gasteiger partial charge in [0.05, 0.1) is 22.2 Å². The maximum absolute atomic E-state index is 14.3. The molecule has 176 valence electrons. The van der Waals surface area contributed by atoms with E-state index in [1.807, 2.05) is 11.0 Å². The van der Waals surface area contributed by atoms with E-state index in [9.17, 15) is 14.3 Å². The number of aliphatic hydroxyl groups excluding tert-OH is 1. The van der Waals surface area contributed by atoms with E-state index >= 15 is 0 Å². The maximum Gasteiger partial charge on any atom is 0.233 e. The van der Waals surface area contributed by atoms with E-state index in [4.69, 9.17) is 11.6 Å². The average Bonchev–Trinajstić information content (AvgIpc) is 3.14. The summed E-state index contributed by atoms with van der Waals surface area (Å²) in [4.78, 5) is 26.9. The molecule has 1 saturated heterocycles. The van der Waals surface area contributed by atoms with Crippen LogP contribution in [-0.4, -0.2) is 52.1 Å². The molecule has 3 aliphatic rings. The second-order valence-corrected chi connectivity index (χ2v) is 10.1. The number of hydrogen-bond acceptors (Lipinski definition) is 5. The van der Waals surface area contributed by atoms with Crippen molar-refractivity contribution in [1.29, 1.82) is 0 Å². The van der Waals surface area contributed by atoms with Gasteiger partial charge in [-0.3, -0.25) is 4.79 Å². The number of nitrogens with zero attached hydrogens (tertiary/aromatic N) is 4. The summed E-state index contributed by atoms with van der Waals surface area (Å²) >= 11 is 5.93. The summed E-state index contributed by atoms with van der Waals surface area (Å²) in [5.74, 6) is 0.713. The lowest BCUT2D eigenvalue weighted by molar-refractivity contribution is -0.139. The molecule has 1 amide bonds. The number of fused-ring (bicyclic) bond motifs is 1. The molecule has 0 radical (unpaired) electrons. The van der Waals surface area contributed by atoms with Gasteiger partial charge in [0.2, 0.25) is 5.91 Å². The number of benzene rings is 1. The van der Waals surface area contributed by atoms with E-state index in [0.29, 0.717) is 32.6 Å². The molecule has 1 aromatic carbocycles. The summed E-state index contributed by atoms with van der Waals surface area (Å²) < 4.78 is 14.3. The molecule has 2 fully saturated rings. The summed E-state index contributed by atoms with van der Waals surface area (Å²) in [6, 6.07) is 4.85. The van der Waals surface area contributed by atoms with Crippen molar-refractivity contribution in [1.82, 2.24) is 14.9 Å². The van der Waals surface area contributed by atoms with Crippen molar-refractivity contribution in [3.05, 3.63) is 52.2 Å². The van der Waals surface area contributed by atoms with Crippen LogP contribution < -0.4 is 4.90 Å². The summed E-state index contributed by atoms with van der Waals surface area (Å²) in [6.07, 6.45) is 6.15. The fourth-order valence-electron chi connectivity index (χ4n) is 5.95. The van der Waals surface area contributed by atoms with Gasteiger partial charge in [0.15, 0.2) is 0 Å². The first-order chi connectivity index (χ1) is 15.9. The molecule has 5 rings (SSSR count). The molecule has 2 heterocycles. The van der Waals surface area contributed by atoms with E-state index in [-0.39, 0.29) is 16.8 Å². The van der Waals surface area contributed by atoms with Gasteiger partial charge >= 0.3 is 0 Å². The van der Waals surface area contributed by atoms with Gasteiger partial charge in [-0.05, 0) is 42.9 Å². The lowest BCUT2D eigenvalue weighted by atomic mass is 9.68. The number of aromatic nitrogens is 2. The zero-order valence-electron chi connectivity index (χ0n) is 18.9. The molecule has 8 heteroatoms. The highest BCUT2D eigenvalue weighted by atomic mass is 35.5. The standard InChI is InChI=1S/C25H30ClFN4O2/c1-16-13-20(32)22-21(16)23(29-15-28-22)30-9-11-31(12-10-30)24(33)25(7-3-2-4-8-25)17-5-6-18(26)19(27)14-17/h5-6,14-16,20,32H,2-4,7-13H2,1H3/t16-,20-/m1/s1. The van der Waals surface area contributed by atoms with Crippen molar-refractivity contribution < 1.29 is 14.3 Å². The summed E-state index contributed by atoms with van der Waals surface area (Å²) in [7, 11) is 0. The van der Waals surface area contributed by atoms with Gasteiger partial charge in [0, 0.05) is 31.7 Å². The Morgan fingerprint density at radius 2 is 1.88 bits per heavy atom. The first kappa shape index (κ1) is 22.5. The number of carbonyl (C=O) groups excluding carboxylic acids is 1. The fraction of sp³-hybridized carbons (Fsp3) is 0.560. The highest BCUT2D eigenvalue weighted by Gasteiger charge is 2.44. The second kappa shape index (κ2) is 8.84. The number of piperazine rings is 1. The molecule has 2 atom stereocenters. The van der Waals surface area contributed by atoms with Crippen LogP contribution in [0.25, 0.3) is 0 Å². The molecule has 1 aliphatic heterocycles. The van der Waals surface area contributed by atoms with Gasteiger partial charge in [0.1, 0.15) is 18.0 Å². The average molecular weight is 473 g/mol. The Morgan fingerprint density at radius 3 is 2.58 bits per heavy atom. The number of rotatable bonds is 3. The van der Waals surface area contributed by atoms with Crippen molar-refractivity contribution in [3.8, 4) is 0 Å². The number of hydrogen-bond donors (Lipinski definition) is 1. The highest BCUT2D eigenvalue weighted by Crippen LogP contribution is 2.44. The molecule has 2 aromatic rings. The van der Waals surface area contributed by atoms with Crippen LogP contribution in [-0.2, 0) is 10.2 Å². The molecule has 0 bridgehead atoms. The SMILES string of the molecule is C[C@@H]1C[C@@H](O)c2ncnc(N3CCN(C(=O)C4(c5ccc(Cl)c(F)c5)CCCCC4)CC3)c21. The van der Waals surface area contributed by atoms with Gasteiger partial charge in [-0.2, -0.15) is 0 Å². The molecule has 2 aliphatic carbocycles. The van der Waals surface area contributed by atoms with Gasteiger partial charge in [0.25, 0.3) is 0 Å². The van der Waals surface area contributed by atoms with Crippen molar-refractivity contribution >= 4 is 23.3 Å². The molecular formula is C25H30ClFN4O2. The van der Waals surface area contributed by atoms with Gasteiger partial charge in [-0.1, -0.05) is 43.9 Å². The molecule has 33 heavy (non-hydrogen) atoms. The molecule has 1 N–H and O–H groups in total. The first-order valence-electron chi connectivity index (χ1n) is 11.9. The highest BCUT2D eigenvalue weighted by molar-refractivity contribution is 6.30. The first-order valence-corrected chi connectivity index (χ1v) is 12.3. The predicted molar refractivity (Wildman–Crippen MR) is 125 cm³/mol. The number of amides is 1. The van der Waals surface area contributed by atoms with Gasteiger partial charge in [-0.15, -0.1) is 0 Å². The van der Waals surface area contributed by atoms with Crippen molar-refractivity contribution in [2.45, 2.75) is 62.9 Å². The van der Waals surface area contributed by atoms with E-state index in [0.717, 1.165) is 54.7 Å². The van der Waals surface area contributed by atoms with E-state index in [1.54, 1.807) is 6.07 Å². The monoisotopic (exact) mass is 472 g/mol. The number of anilines is 1. The van der Waals surface area contributed by atoms with Crippen LogP contribution in [0.5, 0.6) is 0 Å². The van der Waals surface area contributed by atoms with Crippen LogP contribution in [0, 0.1) is 5.82 Å². The summed E-state index contributed by atoms with van der Waals surface area (Å²) in [5, 5.41) is 10.4. The van der Waals surface area contributed by atoms with Crippen LogP contribution in [0.4, 0.5) is 10.2 Å². The third-order valence-corrected chi connectivity index (χ3v) is 8.04. The maximum atomic E-state index is 14.3. The Labute approximate surface area is 198 Å². The molecular weight excluding hydrogens is 443 g/mol. The van der Waals surface area contributed by atoms with Crippen LogP contribution >= 0.6 is 11.6 Å². The van der Waals surface area contributed by atoms with E-state index in [2.05, 4.69) is 21.8 Å².